The smallest absolute Gasteiger partial charge is 0.143 e. The lowest BCUT2D eigenvalue weighted by molar-refractivity contribution is 0.668. The minimum absolute atomic E-state index is 0.917. The van der Waals surface area contributed by atoms with Crippen LogP contribution in [0.3, 0.4) is 0 Å². The largest absolute Gasteiger partial charge is 0.456 e. The Kier molecular flexibility index (Phi) is 16.5. The zero-order valence-electron chi connectivity index (χ0n) is 66.1. The van der Waals surface area contributed by atoms with E-state index in [9.17, 15) is 0 Å². The topological polar surface area (TPSA) is 54.2 Å². The third kappa shape index (κ3) is 11.5. The van der Waals surface area contributed by atoms with Gasteiger partial charge in [-0.25, -0.2) is 0 Å². The lowest BCUT2D eigenvalue weighted by Gasteiger charge is -2.12. The van der Waals surface area contributed by atoms with Gasteiger partial charge >= 0.3 is 0 Å². The Morgan fingerprint density at radius 1 is 0.171 bits per heavy atom. The van der Waals surface area contributed by atoms with E-state index in [2.05, 4.69) is 396 Å². The maximum Gasteiger partial charge on any atom is 0.143 e. The average molecular weight is 1630 g/mol. The molecule has 18 aromatic carbocycles. The second-order valence-corrected chi connectivity index (χ2v) is 34.7. The van der Waals surface area contributed by atoms with Crippen LogP contribution in [0.1, 0.15) is 0 Å². The molecule has 0 radical (unpaired) electrons. The summed E-state index contributed by atoms with van der Waals surface area (Å²) in [5, 5.41) is 14.6. The van der Waals surface area contributed by atoms with Crippen LogP contribution in [0.2, 0.25) is 0 Å². The van der Waals surface area contributed by atoms with E-state index in [4.69, 9.17) is 13.3 Å². The van der Waals surface area contributed by atoms with E-state index < -0.39 is 0 Å². The molecule has 0 unspecified atom stereocenters. The molecule has 9 heteroatoms. The highest BCUT2D eigenvalue weighted by atomic mass is 32.1. The van der Waals surface area contributed by atoms with Crippen molar-refractivity contribution in [3.63, 3.8) is 0 Å². The summed E-state index contributed by atoms with van der Waals surface area (Å²) < 4.78 is 34.0. The van der Waals surface area contributed by atoms with Gasteiger partial charge in [0.1, 0.15) is 33.5 Å². The van der Waals surface area contributed by atoms with Crippen LogP contribution in [0, 0.1) is 0 Å². The molecule has 0 bridgehead atoms. The Hall–Kier alpha value is -15.4. The number of aromatic nitrogens is 3. The number of hydrogen-bond donors (Lipinski definition) is 0. The molecule has 0 N–H and O–H groups in total. The van der Waals surface area contributed by atoms with E-state index in [1.165, 1.54) is 166 Å². The van der Waals surface area contributed by atoms with Crippen molar-refractivity contribution in [1.82, 2.24) is 13.7 Å². The summed E-state index contributed by atoms with van der Waals surface area (Å²) in [6, 6.07) is 150. The SMILES string of the molecule is c1ccc(-n2c3ccccc3c3sc4ccc(-c5ccccc5-c5ccc6c(c5)oc5ccccc56)cc4c32)cc1.c1ccc(-n2c3ccccc3c3sc4ccc(-c5ccccc5-c5ccc6oc7ccccc7c6c5)cc4c32)cc1.c1ccc(-n2c3ccccc3c3sc4ccc(-c5ccccc5-c5cccc6c5oc5ccccc56)cc4c32)cc1. The molecule has 123 heavy (non-hydrogen) atoms. The minimum Gasteiger partial charge on any atom is -0.456 e. The molecule has 576 valence electrons. The quantitative estimate of drug-likeness (QED) is 0.145. The van der Waals surface area contributed by atoms with Gasteiger partial charge in [0.05, 0.1) is 47.2 Å². The summed E-state index contributed by atoms with van der Waals surface area (Å²) in [5.41, 5.74) is 31.0. The fraction of sp³-hybridized carbons (Fsp3) is 0. The van der Waals surface area contributed by atoms with Crippen LogP contribution in [-0.4, -0.2) is 13.7 Å². The van der Waals surface area contributed by atoms with E-state index in [-0.39, 0.29) is 0 Å². The highest BCUT2D eigenvalue weighted by molar-refractivity contribution is 7.27. The lowest BCUT2D eigenvalue weighted by Crippen LogP contribution is -1.93. The van der Waals surface area contributed by atoms with Crippen LogP contribution in [0.5, 0.6) is 0 Å². The normalized spacial score (nSPS) is 11.9. The molecular weight excluding hydrogens is 1560 g/mol. The molecule has 0 aliphatic heterocycles. The first-order chi connectivity index (χ1) is 61.0. The molecule has 27 rings (SSSR count). The van der Waals surface area contributed by atoms with Gasteiger partial charge in [-0.05, 0) is 195 Å². The van der Waals surface area contributed by atoms with Gasteiger partial charge in [-0.1, -0.05) is 285 Å². The van der Waals surface area contributed by atoms with Crippen molar-refractivity contribution < 1.29 is 13.3 Å². The Morgan fingerprint density at radius 2 is 0.455 bits per heavy atom. The molecule has 0 aliphatic rings. The maximum atomic E-state index is 6.44. The van der Waals surface area contributed by atoms with E-state index in [0.717, 1.165) is 76.9 Å². The zero-order valence-corrected chi connectivity index (χ0v) is 68.6. The van der Waals surface area contributed by atoms with Crippen LogP contribution in [0.15, 0.2) is 432 Å². The second-order valence-electron chi connectivity index (χ2n) is 31.6. The summed E-state index contributed by atoms with van der Waals surface area (Å²) in [7, 11) is 0. The number of fused-ring (bicyclic) bond motifs is 24. The second kappa shape index (κ2) is 28.7. The van der Waals surface area contributed by atoms with Gasteiger partial charge in [0, 0.05) is 101 Å². The van der Waals surface area contributed by atoms with Crippen LogP contribution >= 0.6 is 34.0 Å². The maximum absolute atomic E-state index is 6.44. The van der Waals surface area contributed by atoms with Crippen molar-refractivity contribution in [1.29, 1.82) is 0 Å². The number of rotatable bonds is 9. The number of hydrogen-bond acceptors (Lipinski definition) is 6. The standard InChI is InChI=1S/3C38H23NOS/c1-2-11-25(12-3-1)39-33-19-8-6-16-31(33)38-36(39)32-23-24(21-22-35(32)41-38)26-13-4-5-14-27(26)29-17-10-18-30-28-15-7-9-20-34(28)40-37(29)30;1-2-10-26(11-3-1)39-33-16-8-6-15-31(33)38-37(39)32-22-24(19-21-36(32)41-38)27-12-4-5-13-28(27)25-18-20-30-29-14-7-9-17-34(29)40-35(30)23-25;1-2-10-26(11-3-1)39-33-16-8-6-15-30(33)38-37(39)32-23-25(19-21-36(32)41-38)28-13-5-4-12-27(28)24-18-20-35-31(22-24)29-14-7-9-17-34(29)40-35/h3*1-23H. The number of furan rings is 3. The van der Waals surface area contributed by atoms with Gasteiger partial charge in [0.15, 0.2) is 0 Å². The van der Waals surface area contributed by atoms with Gasteiger partial charge in [0.25, 0.3) is 0 Å². The van der Waals surface area contributed by atoms with Crippen molar-refractivity contribution >= 4 is 193 Å². The summed E-state index contributed by atoms with van der Waals surface area (Å²) in [6.07, 6.45) is 0. The molecule has 0 spiro atoms. The predicted octanol–water partition coefficient (Wildman–Crippen LogP) is 33.7. The average Bonchev–Trinajstić information content (AvgIpc) is 1.57. The molecule has 9 heterocycles. The number of para-hydroxylation sites is 10. The molecule has 0 atom stereocenters. The Bertz CT molecular complexity index is 8890. The predicted molar refractivity (Wildman–Crippen MR) is 523 cm³/mol. The molecule has 0 saturated heterocycles. The van der Waals surface area contributed by atoms with Crippen molar-refractivity contribution in [3.8, 4) is 83.8 Å². The summed E-state index contributed by atoms with van der Waals surface area (Å²) in [6.45, 7) is 0. The first-order valence-corrected chi connectivity index (χ1v) is 44.0. The van der Waals surface area contributed by atoms with Crippen LogP contribution in [0.4, 0.5) is 0 Å². The van der Waals surface area contributed by atoms with E-state index in [1.807, 2.05) is 70.4 Å². The fourth-order valence-electron chi connectivity index (χ4n) is 19.1. The van der Waals surface area contributed by atoms with Gasteiger partial charge < -0.3 is 27.0 Å². The van der Waals surface area contributed by atoms with Crippen LogP contribution < -0.4 is 0 Å². The minimum atomic E-state index is 0.917. The van der Waals surface area contributed by atoms with Gasteiger partial charge in [-0.2, -0.15) is 0 Å². The monoisotopic (exact) mass is 1620 g/mol. The molecular formula is C114H69N3O3S3. The van der Waals surface area contributed by atoms with Crippen molar-refractivity contribution in [3.05, 3.63) is 419 Å². The molecule has 9 aromatic heterocycles. The van der Waals surface area contributed by atoms with Crippen molar-refractivity contribution in [2.45, 2.75) is 0 Å². The molecule has 0 saturated carbocycles. The highest BCUT2D eigenvalue weighted by Gasteiger charge is 2.25. The number of thiophene rings is 3. The Balaban J connectivity index is 0.000000101. The van der Waals surface area contributed by atoms with Gasteiger partial charge in [0.2, 0.25) is 0 Å². The molecule has 6 nitrogen and oxygen atoms in total. The van der Waals surface area contributed by atoms with Crippen molar-refractivity contribution in [2.24, 2.45) is 0 Å². The lowest BCUT2D eigenvalue weighted by atomic mass is 9.93. The van der Waals surface area contributed by atoms with Gasteiger partial charge in [-0.15, -0.1) is 34.0 Å². The third-order valence-corrected chi connectivity index (χ3v) is 28.2. The fourth-order valence-corrected chi connectivity index (χ4v) is 22.7. The molecule has 0 amide bonds. The summed E-state index contributed by atoms with van der Waals surface area (Å²) in [5.74, 6) is 0. The van der Waals surface area contributed by atoms with E-state index in [1.54, 1.807) is 0 Å². The molecule has 0 fully saturated rings. The van der Waals surface area contributed by atoms with Gasteiger partial charge in [-0.3, -0.25) is 0 Å². The van der Waals surface area contributed by atoms with Crippen LogP contribution in [-0.2, 0) is 0 Å². The van der Waals surface area contributed by atoms with E-state index in [0.29, 0.717) is 0 Å². The Labute approximate surface area is 717 Å². The third-order valence-electron chi connectivity index (χ3n) is 24.7. The molecule has 27 aromatic rings. The zero-order chi connectivity index (χ0) is 80.7. The summed E-state index contributed by atoms with van der Waals surface area (Å²) >= 11 is 5.64. The highest BCUT2D eigenvalue weighted by Crippen LogP contribution is 2.50. The van der Waals surface area contributed by atoms with Crippen LogP contribution in [0.25, 0.3) is 243 Å². The number of benzene rings is 18. The van der Waals surface area contributed by atoms with Crippen molar-refractivity contribution in [2.75, 3.05) is 0 Å². The first kappa shape index (κ1) is 70.6. The first-order valence-electron chi connectivity index (χ1n) is 41.6. The number of nitrogens with zero attached hydrogens (tertiary/aromatic N) is 3. The van der Waals surface area contributed by atoms with E-state index >= 15 is 0 Å². The Morgan fingerprint density at radius 3 is 0.894 bits per heavy atom. The summed E-state index contributed by atoms with van der Waals surface area (Å²) in [4.78, 5) is 0. The molecule has 0 aliphatic carbocycles.